The molecule has 7 nitrogen and oxygen atoms in total. The third-order valence-electron chi connectivity index (χ3n) is 4.73. The van der Waals surface area contributed by atoms with Crippen LogP contribution in [-0.4, -0.2) is 46.4 Å². The fourth-order valence-corrected chi connectivity index (χ4v) is 4.34. The fraction of sp³-hybridized carbons (Fsp3) is 0.611. The van der Waals surface area contributed by atoms with Gasteiger partial charge in [-0.25, -0.2) is 8.42 Å². The van der Waals surface area contributed by atoms with Crippen LogP contribution in [0.1, 0.15) is 38.5 Å². The number of hydrogen-bond donors (Lipinski definition) is 1. The van der Waals surface area contributed by atoms with E-state index < -0.39 is 10.0 Å². The van der Waals surface area contributed by atoms with E-state index in [0.29, 0.717) is 30.4 Å². The lowest BCUT2D eigenvalue weighted by atomic mass is 9.95. The van der Waals surface area contributed by atoms with Crippen LogP contribution >= 0.6 is 0 Å². The summed E-state index contributed by atoms with van der Waals surface area (Å²) >= 11 is 0. The van der Waals surface area contributed by atoms with Gasteiger partial charge in [-0.3, -0.25) is 9.10 Å². The molecule has 0 saturated heterocycles. The second-order valence-electron chi connectivity index (χ2n) is 6.82. The van der Waals surface area contributed by atoms with Gasteiger partial charge in [-0.05, 0) is 25.0 Å². The van der Waals surface area contributed by atoms with Crippen molar-refractivity contribution in [3.05, 3.63) is 18.2 Å². The van der Waals surface area contributed by atoms with Gasteiger partial charge >= 0.3 is 0 Å². The van der Waals surface area contributed by atoms with Gasteiger partial charge in [0, 0.05) is 25.1 Å². The van der Waals surface area contributed by atoms with E-state index in [1.54, 1.807) is 18.2 Å². The maximum atomic E-state index is 12.2. The van der Waals surface area contributed by atoms with Gasteiger partial charge < -0.3 is 14.8 Å². The summed E-state index contributed by atoms with van der Waals surface area (Å²) in [5.74, 6) is 1.01. The minimum absolute atomic E-state index is 0.0943. The molecule has 1 amide bonds. The molecule has 1 aliphatic carbocycles. The summed E-state index contributed by atoms with van der Waals surface area (Å²) in [7, 11) is -3.52. The van der Waals surface area contributed by atoms with Crippen LogP contribution in [0.5, 0.6) is 11.5 Å². The number of amides is 1. The molecule has 0 spiro atoms. The van der Waals surface area contributed by atoms with E-state index >= 15 is 0 Å². The van der Waals surface area contributed by atoms with Crippen molar-refractivity contribution in [1.82, 2.24) is 5.32 Å². The molecule has 3 rings (SSSR count). The summed E-state index contributed by atoms with van der Waals surface area (Å²) < 4.78 is 36.7. The first-order valence-electron chi connectivity index (χ1n) is 9.10. The molecule has 1 aliphatic heterocycles. The second-order valence-corrected chi connectivity index (χ2v) is 8.72. The summed E-state index contributed by atoms with van der Waals surface area (Å²) in [5, 5.41) is 3.02. The molecule has 1 fully saturated rings. The maximum Gasteiger partial charge on any atom is 0.232 e. The van der Waals surface area contributed by atoms with Gasteiger partial charge in [0.15, 0.2) is 11.5 Å². The normalized spacial score (nSPS) is 17.6. The lowest BCUT2D eigenvalue weighted by Crippen LogP contribution is -2.39. The van der Waals surface area contributed by atoms with Gasteiger partial charge in [0.1, 0.15) is 13.2 Å². The summed E-state index contributed by atoms with van der Waals surface area (Å²) in [6.45, 7) is 1.000. The molecular weight excluding hydrogens is 356 g/mol. The predicted molar refractivity (Wildman–Crippen MR) is 99.3 cm³/mol. The van der Waals surface area contributed by atoms with Crippen LogP contribution in [0.25, 0.3) is 0 Å². The molecule has 1 aromatic rings. The van der Waals surface area contributed by atoms with E-state index in [4.69, 9.17) is 9.47 Å². The molecule has 1 heterocycles. The Morgan fingerprint density at radius 1 is 1.15 bits per heavy atom. The van der Waals surface area contributed by atoms with E-state index in [0.717, 1.165) is 31.9 Å². The van der Waals surface area contributed by atoms with Crippen LogP contribution in [0.2, 0.25) is 0 Å². The number of anilines is 1. The third kappa shape index (κ3) is 4.81. The summed E-state index contributed by atoms with van der Waals surface area (Å²) in [6.07, 6.45) is 6.77. The number of hydrogen-bond acceptors (Lipinski definition) is 5. The Morgan fingerprint density at radius 2 is 1.85 bits per heavy atom. The standard InChI is InChI=1S/C18H26N2O5S/c1-26(22,23)20(10-9-18(21)19-14-5-3-2-4-6-14)15-7-8-16-17(13-15)25-12-11-24-16/h7-8,13-14H,2-6,9-12H2,1H3,(H,19,21). The molecule has 144 valence electrons. The molecule has 26 heavy (non-hydrogen) atoms. The Balaban J connectivity index is 1.66. The predicted octanol–water partition coefficient (Wildman–Crippen LogP) is 2.06. The first-order valence-corrected chi connectivity index (χ1v) is 10.9. The number of carbonyl (C=O) groups is 1. The minimum atomic E-state index is -3.52. The molecule has 2 aliphatic rings. The van der Waals surface area contributed by atoms with E-state index in [1.165, 1.54) is 10.7 Å². The zero-order valence-electron chi connectivity index (χ0n) is 15.1. The van der Waals surface area contributed by atoms with Crippen molar-refractivity contribution in [2.24, 2.45) is 0 Å². The van der Waals surface area contributed by atoms with Gasteiger partial charge in [0.25, 0.3) is 0 Å². The van der Waals surface area contributed by atoms with Gasteiger partial charge in [0.05, 0.1) is 11.9 Å². The van der Waals surface area contributed by atoms with Crippen molar-refractivity contribution in [2.75, 3.05) is 30.3 Å². The average molecular weight is 382 g/mol. The van der Waals surface area contributed by atoms with Crippen molar-refractivity contribution in [3.63, 3.8) is 0 Å². The van der Waals surface area contributed by atoms with Crippen LogP contribution in [0.4, 0.5) is 5.69 Å². The smallest absolute Gasteiger partial charge is 0.232 e. The monoisotopic (exact) mass is 382 g/mol. The number of ether oxygens (including phenoxy) is 2. The molecule has 1 saturated carbocycles. The first-order chi connectivity index (χ1) is 12.4. The Labute approximate surface area is 154 Å². The Kier molecular flexibility index (Phi) is 5.90. The summed E-state index contributed by atoms with van der Waals surface area (Å²) in [6, 6.07) is 5.24. The van der Waals surface area contributed by atoms with Crippen LogP contribution in [0.15, 0.2) is 18.2 Å². The average Bonchev–Trinajstić information content (AvgIpc) is 2.61. The van der Waals surface area contributed by atoms with Crippen molar-refractivity contribution in [2.45, 2.75) is 44.6 Å². The van der Waals surface area contributed by atoms with Crippen molar-refractivity contribution in [1.29, 1.82) is 0 Å². The number of nitrogens with zero attached hydrogens (tertiary/aromatic N) is 1. The lowest BCUT2D eigenvalue weighted by Gasteiger charge is -2.26. The van der Waals surface area contributed by atoms with Crippen LogP contribution in [-0.2, 0) is 14.8 Å². The van der Waals surface area contributed by atoms with E-state index in [1.807, 2.05) is 0 Å². The number of nitrogens with one attached hydrogen (secondary N) is 1. The third-order valence-corrected chi connectivity index (χ3v) is 5.92. The molecular formula is C18H26N2O5S. The highest BCUT2D eigenvalue weighted by molar-refractivity contribution is 7.92. The van der Waals surface area contributed by atoms with Crippen molar-refractivity contribution < 1.29 is 22.7 Å². The molecule has 0 atom stereocenters. The molecule has 8 heteroatoms. The molecule has 0 radical (unpaired) electrons. The quantitative estimate of drug-likeness (QED) is 0.814. The van der Waals surface area contributed by atoms with Crippen LogP contribution in [0.3, 0.4) is 0 Å². The molecule has 1 aromatic carbocycles. The number of fused-ring (bicyclic) bond motifs is 1. The molecule has 0 aromatic heterocycles. The van der Waals surface area contributed by atoms with Crippen molar-refractivity contribution in [3.8, 4) is 11.5 Å². The van der Waals surface area contributed by atoms with Gasteiger partial charge in [-0.1, -0.05) is 19.3 Å². The molecule has 0 unspecified atom stereocenters. The zero-order chi connectivity index (χ0) is 18.6. The second kappa shape index (κ2) is 8.16. The highest BCUT2D eigenvalue weighted by Gasteiger charge is 2.22. The van der Waals surface area contributed by atoms with Crippen molar-refractivity contribution >= 4 is 21.6 Å². The lowest BCUT2D eigenvalue weighted by molar-refractivity contribution is -0.121. The number of sulfonamides is 1. The molecule has 1 N–H and O–H groups in total. The zero-order valence-corrected chi connectivity index (χ0v) is 15.9. The number of benzene rings is 1. The van der Waals surface area contributed by atoms with Gasteiger partial charge in [0.2, 0.25) is 15.9 Å². The number of carbonyl (C=O) groups excluding carboxylic acids is 1. The Morgan fingerprint density at radius 3 is 2.54 bits per heavy atom. The Hall–Kier alpha value is -1.96. The first kappa shape index (κ1) is 18.8. The highest BCUT2D eigenvalue weighted by atomic mass is 32.2. The number of rotatable bonds is 6. The molecule has 0 bridgehead atoms. The van der Waals surface area contributed by atoms with Crippen LogP contribution < -0.4 is 19.1 Å². The van der Waals surface area contributed by atoms with Gasteiger partial charge in [-0.2, -0.15) is 0 Å². The highest BCUT2D eigenvalue weighted by Crippen LogP contribution is 2.34. The largest absolute Gasteiger partial charge is 0.486 e. The van der Waals surface area contributed by atoms with Crippen LogP contribution in [0, 0.1) is 0 Å². The Bertz CT molecular complexity index is 744. The van der Waals surface area contributed by atoms with E-state index in [-0.39, 0.29) is 24.9 Å². The fourth-order valence-electron chi connectivity index (χ4n) is 3.42. The SMILES string of the molecule is CS(=O)(=O)N(CCC(=O)NC1CCCCC1)c1ccc2c(c1)OCCO2. The summed E-state index contributed by atoms with van der Waals surface area (Å²) in [5.41, 5.74) is 0.474. The van der Waals surface area contributed by atoms with E-state index in [2.05, 4.69) is 5.32 Å². The van der Waals surface area contributed by atoms with E-state index in [9.17, 15) is 13.2 Å². The van der Waals surface area contributed by atoms with Gasteiger partial charge in [-0.15, -0.1) is 0 Å². The maximum absolute atomic E-state index is 12.2. The summed E-state index contributed by atoms with van der Waals surface area (Å²) in [4.78, 5) is 12.2. The topological polar surface area (TPSA) is 84.9 Å². The minimum Gasteiger partial charge on any atom is -0.486 e.